The fourth-order valence-electron chi connectivity index (χ4n) is 2.63. The number of ether oxygens (including phenoxy) is 2. The second-order valence-corrected chi connectivity index (χ2v) is 6.96. The minimum Gasteiger partial charge on any atom is -0.486 e. The summed E-state index contributed by atoms with van der Waals surface area (Å²) in [5.74, 6) is 1.66. The van der Waals surface area contributed by atoms with E-state index in [2.05, 4.69) is 19.2 Å². The highest BCUT2D eigenvalue weighted by Gasteiger charge is 2.20. The Morgan fingerprint density at radius 1 is 1.21 bits per heavy atom. The Balaban J connectivity index is 1.73. The second-order valence-electron chi connectivity index (χ2n) is 5.98. The second kappa shape index (κ2) is 7.53. The Labute approximate surface area is 146 Å². The van der Waals surface area contributed by atoms with Crippen LogP contribution in [0.25, 0.3) is 6.08 Å². The number of carbonyl (C=O) groups excluding carboxylic acids is 1. The van der Waals surface area contributed by atoms with E-state index in [1.165, 1.54) is 0 Å². The van der Waals surface area contributed by atoms with Crippen molar-refractivity contribution in [2.45, 2.75) is 19.9 Å². The fourth-order valence-corrected chi connectivity index (χ4v) is 3.25. The van der Waals surface area contributed by atoms with Gasteiger partial charge in [0.25, 0.3) is 0 Å². The molecule has 5 heteroatoms. The maximum atomic E-state index is 12.3. The Bertz CT molecular complexity index is 722. The first-order valence-corrected chi connectivity index (χ1v) is 8.93. The molecule has 1 amide bonds. The molecule has 1 aliphatic heterocycles. The molecular weight excluding hydrogens is 322 g/mol. The molecule has 4 nitrogen and oxygen atoms in total. The van der Waals surface area contributed by atoms with Gasteiger partial charge in [-0.25, -0.2) is 0 Å². The zero-order valence-electron chi connectivity index (χ0n) is 13.8. The van der Waals surface area contributed by atoms with Gasteiger partial charge in [-0.15, -0.1) is 11.3 Å². The van der Waals surface area contributed by atoms with E-state index < -0.39 is 0 Å². The zero-order chi connectivity index (χ0) is 16.9. The van der Waals surface area contributed by atoms with Crippen molar-refractivity contribution in [3.05, 3.63) is 52.2 Å². The summed E-state index contributed by atoms with van der Waals surface area (Å²) in [5, 5.41) is 5.07. The molecule has 0 radical (unpaired) electrons. The number of hydrogen-bond acceptors (Lipinski definition) is 4. The number of fused-ring (bicyclic) bond motifs is 1. The highest BCUT2D eigenvalue weighted by molar-refractivity contribution is 7.10. The maximum Gasteiger partial charge on any atom is 0.244 e. The summed E-state index contributed by atoms with van der Waals surface area (Å²) in [6.07, 6.45) is 3.42. The summed E-state index contributed by atoms with van der Waals surface area (Å²) in [6.45, 7) is 5.30. The average Bonchev–Trinajstić information content (AvgIpc) is 3.10. The van der Waals surface area contributed by atoms with Gasteiger partial charge in [-0.3, -0.25) is 4.79 Å². The standard InChI is InChI=1S/C19H21NO3S/c1-13(2)19(20-18(21)8-6-15-4-3-11-24-15)14-5-7-16-17(12-14)23-10-9-22-16/h3-8,11-13,19H,9-10H2,1-2H3,(H,20,21)/b8-6+/t19-/m1/s1. The molecule has 3 rings (SSSR count). The molecule has 1 atom stereocenters. The highest BCUT2D eigenvalue weighted by Crippen LogP contribution is 2.34. The monoisotopic (exact) mass is 343 g/mol. The minimum atomic E-state index is -0.100. The molecule has 1 N–H and O–H groups in total. The first-order valence-electron chi connectivity index (χ1n) is 8.05. The van der Waals surface area contributed by atoms with Gasteiger partial charge in [-0.05, 0) is 41.1 Å². The first kappa shape index (κ1) is 16.6. The van der Waals surface area contributed by atoms with Crippen molar-refractivity contribution in [2.24, 2.45) is 5.92 Å². The van der Waals surface area contributed by atoms with E-state index in [1.807, 2.05) is 41.8 Å². The molecule has 0 aliphatic carbocycles. The van der Waals surface area contributed by atoms with E-state index in [4.69, 9.17) is 9.47 Å². The summed E-state index contributed by atoms with van der Waals surface area (Å²) in [4.78, 5) is 13.3. The van der Waals surface area contributed by atoms with Crippen LogP contribution in [0, 0.1) is 5.92 Å². The number of hydrogen-bond donors (Lipinski definition) is 1. The summed E-state index contributed by atoms with van der Waals surface area (Å²) in [7, 11) is 0. The SMILES string of the molecule is CC(C)[C@@H](NC(=O)/C=C/c1cccs1)c1ccc2c(c1)OCCO2. The molecule has 24 heavy (non-hydrogen) atoms. The Kier molecular flexibility index (Phi) is 5.20. The molecule has 0 spiro atoms. The zero-order valence-corrected chi connectivity index (χ0v) is 14.6. The third-order valence-corrected chi connectivity index (χ3v) is 4.67. The highest BCUT2D eigenvalue weighted by atomic mass is 32.1. The van der Waals surface area contributed by atoms with Gasteiger partial charge >= 0.3 is 0 Å². The third kappa shape index (κ3) is 3.97. The van der Waals surface area contributed by atoms with Crippen molar-refractivity contribution in [1.82, 2.24) is 5.32 Å². The van der Waals surface area contributed by atoms with Crippen LogP contribution in [0.15, 0.2) is 41.8 Å². The van der Waals surface area contributed by atoms with Gasteiger partial charge in [0.15, 0.2) is 11.5 Å². The molecule has 1 aromatic heterocycles. The van der Waals surface area contributed by atoms with E-state index in [1.54, 1.807) is 17.4 Å². The molecular formula is C19H21NO3S. The summed E-state index contributed by atoms with van der Waals surface area (Å²) in [5.41, 5.74) is 1.02. The molecule has 126 valence electrons. The van der Waals surface area contributed by atoms with Crippen molar-refractivity contribution in [1.29, 1.82) is 0 Å². The Morgan fingerprint density at radius 3 is 2.71 bits per heavy atom. The van der Waals surface area contributed by atoms with Crippen LogP contribution < -0.4 is 14.8 Å². The van der Waals surface area contributed by atoms with Gasteiger partial charge in [0.05, 0.1) is 6.04 Å². The molecule has 0 saturated heterocycles. The molecule has 0 fully saturated rings. The number of nitrogens with one attached hydrogen (secondary N) is 1. The van der Waals surface area contributed by atoms with Crippen LogP contribution in [0.4, 0.5) is 0 Å². The average molecular weight is 343 g/mol. The molecule has 2 heterocycles. The number of amides is 1. The summed E-state index contributed by atoms with van der Waals surface area (Å²) < 4.78 is 11.2. The van der Waals surface area contributed by atoms with Crippen molar-refractivity contribution in [2.75, 3.05) is 13.2 Å². The van der Waals surface area contributed by atoms with Crippen molar-refractivity contribution in [3.8, 4) is 11.5 Å². The van der Waals surface area contributed by atoms with Crippen LogP contribution in [-0.4, -0.2) is 19.1 Å². The van der Waals surface area contributed by atoms with Gasteiger partial charge in [-0.2, -0.15) is 0 Å². The summed E-state index contributed by atoms with van der Waals surface area (Å²) in [6, 6.07) is 9.72. The van der Waals surface area contributed by atoms with Gasteiger partial charge in [0.2, 0.25) is 5.91 Å². The van der Waals surface area contributed by atoms with Crippen LogP contribution in [0.2, 0.25) is 0 Å². The topological polar surface area (TPSA) is 47.6 Å². The van der Waals surface area contributed by atoms with Crippen LogP contribution >= 0.6 is 11.3 Å². The first-order chi connectivity index (χ1) is 11.6. The van der Waals surface area contributed by atoms with E-state index in [9.17, 15) is 4.79 Å². The third-order valence-electron chi connectivity index (χ3n) is 3.83. The smallest absolute Gasteiger partial charge is 0.244 e. The van der Waals surface area contributed by atoms with Crippen molar-refractivity contribution in [3.63, 3.8) is 0 Å². The summed E-state index contributed by atoms with van der Waals surface area (Å²) >= 11 is 1.60. The van der Waals surface area contributed by atoms with E-state index in [0.717, 1.165) is 21.9 Å². The Morgan fingerprint density at radius 2 is 2.00 bits per heavy atom. The van der Waals surface area contributed by atoms with E-state index in [0.29, 0.717) is 13.2 Å². The lowest BCUT2D eigenvalue weighted by Crippen LogP contribution is -2.30. The predicted molar refractivity (Wildman–Crippen MR) is 96.5 cm³/mol. The quantitative estimate of drug-likeness (QED) is 0.833. The molecule has 1 aromatic carbocycles. The largest absolute Gasteiger partial charge is 0.486 e. The minimum absolute atomic E-state index is 0.0821. The van der Waals surface area contributed by atoms with Crippen LogP contribution in [0.5, 0.6) is 11.5 Å². The number of rotatable bonds is 5. The lowest BCUT2D eigenvalue weighted by molar-refractivity contribution is -0.117. The number of benzene rings is 1. The molecule has 0 bridgehead atoms. The lowest BCUT2D eigenvalue weighted by atomic mass is 9.95. The molecule has 2 aromatic rings. The molecule has 0 unspecified atom stereocenters. The van der Waals surface area contributed by atoms with Gasteiger partial charge in [-0.1, -0.05) is 26.0 Å². The van der Waals surface area contributed by atoms with Crippen LogP contribution in [0.1, 0.15) is 30.3 Å². The number of carbonyl (C=O) groups is 1. The van der Waals surface area contributed by atoms with Crippen LogP contribution in [0.3, 0.4) is 0 Å². The van der Waals surface area contributed by atoms with Crippen molar-refractivity contribution < 1.29 is 14.3 Å². The Hall–Kier alpha value is -2.27. The normalized spacial score (nSPS) is 14.8. The number of thiophene rings is 1. The lowest BCUT2D eigenvalue weighted by Gasteiger charge is -2.25. The van der Waals surface area contributed by atoms with Crippen LogP contribution in [-0.2, 0) is 4.79 Å². The van der Waals surface area contributed by atoms with Gasteiger partial charge in [0.1, 0.15) is 13.2 Å². The fraction of sp³-hybridized carbons (Fsp3) is 0.316. The molecule has 1 aliphatic rings. The van der Waals surface area contributed by atoms with Gasteiger partial charge < -0.3 is 14.8 Å². The van der Waals surface area contributed by atoms with Crippen molar-refractivity contribution >= 4 is 23.3 Å². The van der Waals surface area contributed by atoms with Gasteiger partial charge in [0, 0.05) is 11.0 Å². The predicted octanol–water partition coefficient (Wildman–Crippen LogP) is 4.05. The molecule has 0 saturated carbocycles. The maximum absolute atomic E-state index is 12.3. The van der Waals surface area contributed by atoms with E-state index in [-0.39, 0.29) is 17.9 Å². The van der Waals surface area contributed by atoms with E-state index >= 15 is 0 Å².